The number of urea groups is 1. The highest BCUT2D eigenvalue weighted by Crippen LogP contribution is 2.27. The molecular formula is C10H11N3O3S. The van der Waals surface area contributed by atoms with Crippen LogP contribution >= 0.6 is 0 Å². The van der Waals surface area contributed by atoms with Crippen molar-refractivity contribution in [2.75, 3.05) is 16.4 Å². The van der Waals surface area contributed by atoms with Crippen molar-refractivity contribution in [2.45, 2.75) is 12.1 Å². The number of carbonyl (C=O) groups is 1. The van der Waals surface area contributed by atoms with Crippen molar-refractivity contribution in [3.63, 3.8) is 0 Å². The quantitative estimate of drug-likeness (QED) is 0.702. The molecule has 2 atom stereocenters. The molecule has 2 amide bonds. The van der Waals surface area contributed by atoms with Crippen LogP contribution in [0.4, 0.5) is 10.6 Å². The summed E-state index contributed by atoms with van der Waals surface area (Å²) in [6.45, 7) is 0. The Morgan fingerprint density at radius 1 is 1.35 bits per heavy atom. The molecule has 0 radical (unpaired) electrons. The molecule has 2 aliphatic rings. The first-order chi connectivity index (χ1) is 8.07. The normalized spacial score (nSPS) is 30.1. The molecule has 3 rings (SSSR count). The molecule has 2 saturated heterocycles. The molecule has 90 valence electrons. The lowest BCUT2D eigenvalue weighted by atomic mass is 10.2. The number of nitrogens with one attached hydrogen (secondary N) is 1. The average molecular weight is 253 g/mol. The van der Waals surface area contributed by atoms with Crippen LogP contribution in [0.2, 0.25) is 0 Å². The second-order valence-electron chi connectivity index (χ2n) is 4.26. The van der Waals surface area contributed by atoms with E-state index in [4.69, 9.17) is 0 Å². The molecule has 1 aromatic heterocycles. The molecule has 0 spiro atoms. The lowest BCUT2D eigenvalue weighted by Crippen LogP contribution is -2.37. The Kier molecular flexibility index (Phi) is 2.12. The van der Waals surface area contributed by atoms with E-state index in [9.17, 15) is 13.2 Å². The topological polar surface area (TPSA) is 79.4 Å². The molecule has 6 nitrogen and oxygen atoms in total. The third-order valence-corrected chi connectivity index (χ3v) is 4.79. The van der Waals surface area contributed by atoms with E-state index in [-0.39, 0.29) is 29.6 Å². The van der Waals surface area contributed by atoms with Gasteiger partial charge in [0.25, 0.3) is 0 Å². The smallest absolute Gasteiger partial charge is 0.323 e. The van der Waals surface area contributed by atoms with Crippen LogP contribution in [0.3, 0.4) is 0 Å². The van der Waals surface area contributed by atoms with Gasteiger partial charge in [0.2, 0.25) is 0 Å². The number of carbonyl (C=O) groups excluding carboxylic acids is 1. The molecule has 7 heteroatoms. The zero-order valence-corrected chi connectivity index (χ0v) is 9.72. The van der Waals surface area contributed by atoms with E-state index in [0.717, 1.165) is 0 Å². The maximum Gasteiger partial charge on any atom is 0.323 e. The van der Waals surface area contributed by atoms with Crippen molar-refractivity contribution < 1.29 is 13.2 Å². The molecule has 0 aromatic carbocycles. The van der Waals surface area contributed by atoms with E-state index in [1.807, 2.05) is 0 Å². The lowest BCUT2D eigenvalue weighted by Gasteiger charge is -2.19. The first-order valence-corrected chi connectivity index (χ1v) is 7.10. The second kappa shape index (κ2) is 3.43. The van der Waals surface area contributed by atoms with Gasteiger partial charge in [-0.25, -0.2) is 18.2 Å². The molecular weight excluding hydrogens is 242 g/mol. The highest BCUT2D eigenvalue weighted by molar-refractivity contribution is 7.91. The van der Waals surface area contributed by atoms with E-state index in [2.05, 4.69) is 10.3 Å². The first kappa shape index (κ1) is 10.5. The van der Waals surface area contributed by atoms with Crippen LogP contribution in [0.25, 0.3) is 0 Å². The molecule has 3 heterocycles. The van der Waals surface area contributed by atoms with Gasteiger partial charge in [-0.2, -0.15) is 0 Å². The summed E-state index contributed by atoms with van der Waals surface area (Å²) in [4.78, 5) is 17.3. The number of rotatable bonds is 1. The van der Waals surface area contributed by atoms with E-state index in [1.54, 1.807) is 24.4 Å². The van der Waals surface area contributed by atoms with Gasteiger partial charge in [0, 0.05) is 6.20 Å². The minimum atomic E-state index is -3.05. The van der Waals surface area contributed by atoms with E-state index >= 15 is 0 Å². The molecule has 1 N–H and O–H groups in total. The number of sulfone groups is 1. The number of anilines is 1. The number of hydrogen-bond acceptors (Lipinski definition) is 4. The molecule has 2 fully saturated rings. The second-order valence-corrected chi connectivity index (χ2v) is 6.41. The van der Waals surface area contributed by atoms with Gasteiger partial charge in [-0.15, -0.1) is 0 Å². The van der Waals surface area contributed by atoms with Gasteiger partial charge in [-0.3, -0.25) is 4.90 Å². The van der Waals surface area contributed by atoms with Crippen LogP contribution in [-0.2, 0) is 9.84 Å². The summed E-state index contributed by atoms with van der Waals surface area (Å²) in [5.41, 5.74) is 0. The lowest BCUT2D eigenvalue weighted by molar-refractivity contribution is 0.251. The van der Waals surface area contributed by atoms with Gasteiger partial charge >= 0.3 is 6.03 Å². The molecule has 2 unspecified atom stereocenters. The minimum absolute atomic E-state index is 0.00693. The molecule has 1 aromatic rings. The highest BCUT2D eigenvalue weighted by atomic mass is 32.2. The zero-order chi connectivity index (χ0) is 12.0. The molecule has 0 bridgehead atoms. The van der Waals surface area contributed by atoms with Gasteiger partial charge < -0.3 is 5.32 Å². The van der Waals surface area contributed by atoms with Crippen LogP contribution in [-0.4, -0.2) is 43.0 Å². The standard InChI is InChI=1S/C10H11N3O3S/c14-10-12-7-5-17(15,16)6-8(7)13(10)9-3-1-2-4-11-9/h1-4,7-8H,5-6H2,(H,12,14). The van der Waals surface area contributed by atoms with Gasteiger partial charge in [0.15, 0.2) is 9.84 Å². The fourth-order valence-electron chi connectivity index (χ4n) is 2.37. The van der Waals surface area contributed by atoms with Gasteiger partial charge in [0.05, 0.1) is 23.6 Å². The van der Waals surface area contributed by atoms with Crippen molar-refractivity contribution >= 4 is 21.7 Å². The molecule has 0 aliphatic carbocycles. The Morgan fingerprint density at radius 3 is 2.88 bits per heavy atom. The Morgan fingerprint density at radius 2 is 2.18 bits per heavy atom. The number of pyridine rings is 1. The number of hydrogen-bond donors (Lipinski definition) is 1. The third-order valence-electron chi connectivity index (χ3n) is 3.08. The van der Waals surface area contributed by atoms with Crippen molar-refractivity contribution in [1.82, 2.24) is 10.3 Å². The highest BCUT2D eigenvalue weighted by Gasteiger charge is 2.49. The van der Waals surface area contributed by atoms with Crippen LogP contribution in [0, 0.1) is 0 Å². The fourth-order valence-corrected chi connectivity index (χ4v) is 4.26. The summed E-state index contributed by atoms with van der Waals surface area (Å²) in [7, 11) is -3.05. The zero-order valence-electron chi connectivity index (χ0n) is 8.91. The van der Waals surface area contributed by atoms with Crippen molar-refractivity contribution in [1.29, 1.82) is 0 Å². The summed E-state index contributed by atoms with van der Waals surface area (Å²) in [6.07, 6.45) is 1.58. The van der Waals surface area contributed by atoms with Crippen LogP contribution < -0.4 is 10.2 Å². The monoisotopic (exact) mass is 253 g/mol. The summed E-state index contributed by atoms with van der Waals surface area (Å²) >= 11 is 0. The maximum absolute atomic E-state index is 11.8. The van der Waals surface area contributed by atoms with Crippen molar-refractivity contribution in [3.05, 3.63) is 24.4 Å². The van der Waals surface area contributed by atoms with Crippen LogP contribution in [0.5, 0.6) is 0 Å². The van der Waals surface area contributed by atoms with Gasteiger partial charge in [0.1, 0.15) is 5.82 Å². The third kappa shape index (κ3) is 1.66. The molecule has 17 heavy (non-hydrogen) atoms. The van der Waals surface area contributed by atoms with E-state index in [0.29, 0.717) is 5.82 Å². The van der Waals surface area contributed by atoms with E-state index in [1.165, 1.54) is 4.90 Å². The number of amides is 2. The number of nitrogens with zero attached hydrogens (tertiary/aromatic N) is 2. The number of aromatic nitrogens is 1. The number of fused-ring (bicyclic) bond motifs is 1. The Bertz CT molecular complexity index is 557. The largest absolute Gasteiger partial charge is 0.332 e. The summed E-state index contributed by atoms with van der Waals surface area (Å²) in [5.74, 6) is 0.523. The summed E-state index contributed by atoms with van der Waals surface area (Å²) in [5, 5.41) is 2.69. The SMILES string of the molecule is O=C1NC2CS(=O)(=O)CC2N1c1ccccn1. The summed E-state index contributed by atoms with van der Waals surface area (Å²) < 4.78 is 23.1. The Hall–Kier alpha value is -1.63. The van der Waals surface area contributed by atoms with Crippen molar-refractivity contribution in [3.8, 4) is 0 Å². The van der Waals surface area contributed by atoms with Gasteiger partial charge in [-0.05, 0) is 12.1 Å². The molecule has 2 aliphatic heterocycles. The van der Waals surface area contributed by atoms with Gasteiger partial charge in [-0.1, -0.05) is 6.07 Å². The van der Waals surface area contributed by atoms with E-state index < -0.39 is 9.84 Å². The average Bonchev–Trinajstić information content (AvgIpc) is 2.69. The predicted octanol–water partition coefficient (Wildman–Crippen LogP) is -0.223. The fraction of sp³-hybridized carbons (Fsp3) is 0.400. The van der Waals surface area contributed by atoms with Crippen LogP contribution in [0.1, 0.15) is 0 Å². The maximum atomic E-state index is 11.8. The van der Waals surface area contributed by atoms with Crippen molar-refractivity contribution in [2.24, 2.45) is 0 Å². The predicted molar refractivity (Wildman–Crippen MR) is 61.5 cm³/mol. The Labute approximate surface area is 98.6 Å². The first-order valence-electron chi connectivity index (χ1n) is 5.28. The minimum Gasteiger partial charge on any atom is -0.332 e. The summed E-state index contributed by atoms with van der Waals surface area (Å²) in [6, 6.07) is 4.31. The molecule has 0 saturated carbocycles. The Balaban J connectivity index is 1.98. The van der Waals surface area contributed by atoms with Crippen LogP contribution in [0.15, 0.2) is 24.4 Å².